The van der Waals surface area contributed by atoms with Gasteiger partial charge < -0.3 is 5.73 Å². The molecule has 0 aliphatic rings. The summed E-state index contributed by atoms with van der Waals surface area (Å²) in [6.45, 7) is 1.89. The van der Waals surface area contributed by atoms with Crippen LogP contribution in [0.2, 0.25) is 0 Å². The molecule has 5 nitrogen and oxygen atoms in total. The van der Waals surface area contributed by atoms with Gasteiger partial charge in [-0.2, -0.15) is 0 Å². The molecular formula is C15H16N2O3S. The van der Waals surface area contributed by atoms with Gasteiger partial charge in [-0.05, 0) is 43.3 Å². The summed E-state index contributed by atoms with van der Waals surface area (Å²) in [5.41, 5.74) is 6.94. The standard InChI is InChI=1S/C15H16N2O3S/c1-11-3-9-14(10-4-11)21(19,20)17(2)13-7-5-12(6-8-13)15(16)18/h3-10H,1-2H3,(H2,16,18). The molecule has 2 rings (SSSR count). The number of nitrogens with two attached hydrogens (primary N) is 1. The molecule has 2 N–H and O–H groups in total. The van der Waals surface area contributed by atoms with Crippen LogP contribution in [-0.2, 0) is 10.0 Å². The predicted octanol–water partition coefficient (Wildman–Crippen LogP) is 1.92. The third kappa shape index (κ3) is 3.05. The summed E-state index contributed by atoms with van der Waals surface area (Å²) < 4.78 is 26.2. The van der Waals surface area contributed by atoms with Gasteiger partial charge in [-0.15, -0.1) is 0 Å². The zero-order chi connectivity index (χ0) is 15.6. The minimum absolute atomic E-state index is 0.217. The lowest BCUT2D eigenvalue weighted by Crippen LogP contribution is -2.26. The molecule has 6 heteroatoms. The summed E-state index contributed by atoms with van der Waals surface area (Å²) >= 11 is 0. The minimum Gasteiger partial charge on any atom is -0.366 e. The Bertz CT molecular complexity index is 751. The largest absolute Gasteiger partial charge is 0.366 e. The molecule has 0 spiro atoms. The molecule has 2 aromatic rings. The molecule has 1 amide bonds. The van der Waals surface area contributed by atoms with E-state index in [2.05, 4.69) is 0 Å². The fourth-order valence-electron chi connectivity index (χ4n) is 1.84. The van der Waals surface area contributed by atoms with Gasteiger partial charge in [-0.1, -0.05) is 17.7 Å². The summed E-state index contributed by atoms with van der Waals surface area (Å²) in [7, 11) is -2.16. The Morgan fingerprint density at radius 3 is 2.00 bits per heavy atom. The Morgan fingerprint density at radius 1 is 1.00 bits per heavy atom. The van der Waals surface area contributed by atoms with Crippen molar-refractivity contribution in [1.29, 1.82) is 0 Å². The Labute approximate surface area is 124 Å². The summed E-state index contributed by atoms with van der Waals surface area (Å²) in [6.07, 6.45) is 0. The number of benzene rings is 2. The number of amides is 1. The first kappa shape index (κ1) is 15.1. The highest BCUT2D eigenvalue weighted by Gasteiger charge is 2.21. The lowest BCUT2D eigenvalue weighted by Gasteiger charge is -2.19. The lowest BCUT2D eigenvalue weighted by atomic mass is 10.2. The van der Waals surface area contributed by atoms with Crippen molar-refractivity contribution in [1.82, 2.24) is 0 Å². The molecule has 0 atom stereocenters. The van der Waals surface area contributed by atoms with Crippen molar-refractivity contribution >= 4 is 21.6 Å². The van der Waals surface area contributed by atoms with Crippen molar-refractivity contribution < 1.29 is 13.2 Å². The zero-order valence-electron chi connectivity index (χ0n) is 11.8. The normalized spacial score (nSPS) is 11.1. The number of hydrogen-bond donors (Lipinski definition) is 1. The Morgan fingerprint density at radius 2 is 1.52 bits per heavy atom. The zero-order valence-corrected chi connectivity index (χ0v) is 12.6. The van der Waals surface area contributed by atoms with Crippen LogP contribution >= 0.6 is 0 Å². The molecule has 0 aliphatic heterocycles. The molecule has 110 valence electrons. The van der Waals surface area contributed by atoms with E-state index in [4.69, 9.17) is 5.73 Å². The van der Waals surface area contributed by atoms with Crippen LogP contribution in [-0.4, -0.2) is 21.4 Å². The van der Waals surface area contributed by atoms with E-state index in [1.807, 2.05) is 6.92 Å². The van der Waals surface area contributed by atoms with Crippen molar-refractivity contribution in [3.8, 4) is 0 Å². The highest BCUT2D eigenvalue weighted by atomic mass is 32.2. The SMILES string of the molecule is Cc1ccc(S(=O)(=O)N(C)c2ccc(C(N)=O)cc2)cc1. The van der Waals surface area contributed by atoms with Crippen LogP contribution in [0.4, 0.5) is 5.69 Å². The smallest absolute Gasteiger partial charge is 0.264 e. The van der Waals surface area contributed by atoms with Crippen LogP contribution in [0.5, 0.6) is 0 Å². The number of hydrogen-bond acceptors (Lipinski definition) is 3. The third-order valence-electron chi connectivity index (χ3n) is 3.19. The fourth-order valence-corrected chi connectivity index (χ4v) is 3.04. The minimum atomic E-state index is -3.62. The summed E-state index contributed by atoms with van der Waals surface area (Å²) in [5.74, 6) is -0.550. The van der Waals surface area contributed by atoms with Crippen molar-refractivity contribution in [2.45, 2.75) is 11.8 Å². The first-order valence-electron chi connectivity index (χ1n) is 6.28. The first-order chi connectivity index (χ1) is 9.82. The van der Waals surface area contributed by atoms with Crippen molar-refractivity contribution in [3.05, 3.63) is 59.7 Å². The maximum absolute atomic E-state index is 12.5. The number of sulfonamides is 1. The fraction of sp³-hybridized carbons (Fsp3) is 0.133. The van der Waals surface area contributed by atoms with Crippen molar-refractivity contribution in [2.75, 3.05) is 11.4 Å². The summed E-state index contributed by atoms with van der Waals surface area (Å²) in [4.78, 5) is 11.2. The molecule has 0 aliphatic carbocycles. The van der Waals surface area contributed by atoms with Crippen LogP contribution in [0.15, 0.2) is 53.4 Å². The molecule has 0 unspecified atom stereocenters. The van der Waals surface area contributed by atoms with E-state index in [9.17, 15) is 13.2 Å². The Balaban J connectivity index is 2.35. The van der Waals surface area contributed by atoms with Gasteiger partial charge in [0, 0.05) is 12.6 Å². The van der Waals surface area contributed by atoms with Gasteiger partial charge in [0.1, 0.15) is 0 Å². The highest BCUT2D eigenvalue weighted by molar-refractivity contribution is 7.92. The molecule has 0 bridgehead atoms. The first-order valence-corrected chi connectivity index (χ1v) is 7.72. The number of rotatable bonds is 4. The van der Waals surface area contributed by atoms with Crippen LogP contribution in [0, 0.1) is 6.92 Å². The van der Waals surface area contributed by atoms with Gasteiger partial charge in [-0.3, -0.25) is 9.10 Å². The maximum Gasteiger partial charge on any atom is 0.264 e. The average Bonchev–Trinajstić information content (AvgIpc) is 2.47. The van der Waals surface area contributed by atoms with E-state index in [1.165, 1.54) is 23.5 Å². The van der Waals surface area contributed by atoms with Crippen LogP contribution < -0.4 is 10.0 Å². The van der Waals surface area contributed by atoms with Crippen LogP contribution in [0.25, 0.3) is 0 Å². The number of carbonyl (C=O) groups is 1. The summed E-state index contributed by atoms with van der Waals surface area (Å²) in [6, 6.07) is 12.7. The van der Waals surface area contributed by atoms with E-state index in [1.54, 1.807) is 36.4 Å². The maximum atomic E-state index is 12.5. The quantitative estimate of drug-likeness (QED) is 0.937. The number of carbonyl (C=O) groups excluding carboxylic acids is 1. The van der Waals surface area contributed by atoms with E-state index in [-0.39, 0.29) is 4.90 Å². The number of nitrogens with zero attached hydrogens (tertiary/aromatic N) is 1. The monoisotopic (exact) mass is 304 g/mol. The molecule has 0 radical (unpaired) electrons. The second-order valence-electron chi connectivity index (χ2n) is 4.70. The highest BCUT2D eigenvalue weighted by Crippen LogP contribution is 2.22. The summed E-state index contributed by atoms with van der Waals surface area (Å²) in [5, 5.41) is 0. The van der Waals surface area contributed by atoms with Gasteiger partial charge in [0.2, 0.25) is 5.91 Å². The van der Waals surface area contributed by atoms with E-state index >= 15 is 0 Å². The average molecular weight is 304 g/mol. The Kier molecular flexibility index (Phi) is 3.99. The molecule has 0 heterocycles. The van der Waals surface area contributed by atoms with E-state index < -0.39 is 15.9 Å². The van der Waals surface area contributed by atoms with Gasteiger partial charge in [-0.25, -0.2) is 8.42 Å². The van der Waals surface area contributed by atoms with Gasteiger partial charge >= 0.3 is 0 Å². The van der Waals surface area contributed by atoms with Gasteiger partial charge in [0.25, 0.3) is 10.0 Å². The topological polar surface area (TPSA) is 80.5 Å². The number of aryl methyl sites for hydroxylation is 1. The predicted molar refractivity (Wildman–Crippen MR) is 81.7 cm³/mol. The number of primary amides is 1. The van der Waals surface area contributed by atoms with Crippen molar-refractivity contribution in [3.63, 3.8) is 0 Å². The Hall–Kier alpha value is -2.34. The van der Waals surface area contributed by atoms with Gasteiger partial charge in [0.15, 0.2) is 0 Å². The van der Waals surface area contributed by atoms with E-state index in [0.717, 1.165) is 5.56 Å². The second kappa shape index (κ2) is 5.57. The molecule has 2 aromatic carbocycles. The van der Waals surface area contributed by atoms with Crippen LogP contribution in [0.3, 0.4) is 0 Å². The molecular weight excluding hydrogens is 288 g/mol. The van der Waals surface area contributed by atoms with Gasteiger partial charge in [0.05, 0.1) is 10.6 Å². The molecule has 0 saturated heterocycles. The molecule has 21 heavy (non-hydrogen) atoms. The number of anilines is 1. The van der Waals surface area contributed by atoms with Crippen molar-refractivity contribution in [2.24, 2.45) is 5.73 Å². The lowest BCUT2D eigenvalue weighted by molar-refractivity contribution is 0.100. The third-order valence-corrected chi connectivity index (χ3v) is 4.99. The molecule has 0 saturated carbocycles. The second-order valence-corrected chi connectivity index (χ2v) is 6.67. The molecule has 0 fully saturated rings. The van der Waals surface area contributed by atoms with E-state index in [0.29, 0.717) is 11.3 Å². The van der Waals surface area contributed by atoms with Crippen LogP contribution in [0.1, 0.15) is 15.9 Å². The molecule has 0 aromatic heterocycles.